The Hall–Kier alpha value is -1.02. The van der Waals surface area contributed by atoms with E-state index >= 15 is 0 Å². The predicted molar refractivity (Wildman–Crippen MR) is 57.8 cm³/mol. The Bertz CT molecular complexity index is 335. The molecule has 2 nitrogen and oxygen atoms in total. The SMILES string of the molecule is COc1ccc2c(c1)C(C)NCC2C. The molecule has 1 N–H and O–H groups in total. The van der Waals surface area contributed by atoms with Crippen LogP contribution in [0.3, 0.4) is 0 Å². The maximum absolute atomic E-state index is 5.24. The van der Waals surface area contributed by atoms with Crippen molar-refractivity contribution in [2.75, 3.05) is 13.7 Å². The van der Waals surface area contributed by atoms with Gasteiger partial charge in [0.2, 0.25) is 0 Å². The zero-order chi connectivity index (χ0) is 10.1. The van der Waals surface area contributed by atoms with Crippen LogP contribution in [0.2, 0.25) is 0 Å². The van der Waals surface area contributed by atoms with Gasteiger partial charge in [-0.05, 0) is 36.1 Å². The van der Waals surface area contributed by atoms with Gasteiger partial charge in [-0.15, -0.1) is 0 Å². The van der Waals surface area contributed by atoms with Crippen LogP contribution in [-0.2, 0) is 0 Å². The zero-order valence-corrected chi connectivity index (χ0v) is 9.00. The molecular weight excluding hydrogens is 174 g/mol. The molecule has 2 rings (SSSR count). The Morgan fingerprint density at radius 3 is 2.79 bits per heavy atom. The van der Waals surface area contributed by atoms with E-state index in [0.29, 0.717) is 12.0 Å². The number of hydrogen-bond donors (Lipinski definition) is 1. The van der Waals surface area contributed by atoms with Gasteiger partial charge in [-0.2, -0.15) is 0 Å². The Morgan fingerprint density at radius 2 is 2.07 bits per heavy atom. The number of rotatable bonds is 1. The van der Waals surface area contributed by atoms with Crippen LogP contribution in [0.1, 0.15) is 36.9 Å². The van der Waals surface area contributed by atoms with Crippen LogP contribution >= 0.6 is 0 Å². The van der Waals surface area contributed by atoms with Crippen LogP contribution in [-0.4, -0.2) is 13.7 Å². The van der Waals surface area contributed by atoms with Crippen molar-refractivity contribution < 1.29 is 4.74 Å². The van der Waals surface area contributed by atoms with Gasteiger partial charge < -0.3 is 10.1 Å². The third kappa shape index (κ3) is 1.50. The summed E-state index contributed by atoms with van der Waals surface area (Å²) in [5, 5.41) is 3.48. The van der Waals surface area contributed by atoms with Gasteiger partial charge in [0.05, 0.1) is 7.11 Å². The zero-order valence-electron chi connectivity index (χ0n) is 9.00. The molecule has 2 unspecified atom stereocenters. The van der Waals surface area contributed by atoms with E-state index in [9.17, 15) is 0 Å². The monoisotopic (exact) mass is 191 g/mol. The van der Waals surface area contributed by atoms with Crippen LogP contribution < -0.4 is 10.1 Å². The molecule has 1 aliphatic rings. The lowest BCUT2D eigenvalue weighted by Gasteiger charge is -2.29. The number of methoxy groups -OCH3 is 1. The molecule has 0 aromatic heterocycles. The number of benzene rings is 1. The van der Waals surface area contributed by atoms with E-state index in [0.717, 1.165) is 12.3 Å². The lowest BCUT2D eigenvalue weighted by atomic mass is 9.88. The predicted octanol–water partition coefficient (Wildman–Crippen LogP) is 2.46. The van der Waals surface area contributed by atoms with Crippen molar-refractivity contribution in [3.8, 4) is 5.75 Å². The summed E-state index contributed by atoms with van der Waals surface area (Å²) in [6.45, 7) is 5.52. The molecule has 0 bridgehead atoms. The highest BCUT2D eigenvalue weighted by Crippen LogP contribution is 2.32. The van der Waals surface area contributed by atoms with Crippen molar-refractivity contribution in [3.63, 3.8) is 0 Å². The standard InChI is InChI=1S/C12H17NO/c1-8-7-13-9(2)12-6-10(14-3)4-5-11(8)12/h4-6,8-9,13H,7H2,1-3H3. The molecule has 1 aliphatic heterocycles. The van der Waals surface area contributed by atoms with E-state index in [2.05, 4.69) is 31.3 Å². The lowest BCUT2D eigenvalue weighted by Crippen LogP contribution is -2.30. The second-order valence-corrected chi connectivity index (χ2v) is 4.03. The second-order valence-electron chi connectivity index (χ2n) is 4.03. The highest BCUT2D eigenvalue weighted by molar-refractivity contribution is 5.40. The van der Waals surface area contributed by atoms with Crippen molar-refractivity contribution >= 4 is 0 Å². The van der Waals surface area contributed by atoms with Gasteiger partial charge in [0, 0.05) is 12.6 Å². The largest absolute Gasteiger partial charge is 0.497 e. The molecule has 14 heavy (non-hydrogen) atoms. The van der Waals surface area contributed by atoms with Crippen LogP contribution in [0.5, 0.6) is 5.75 Å². The van der Waals surface area contributed by atoms with E-state index < -0.39 is 0 Å². The number of hydrogen-bond acceptors (Lipinski definition) is 2. The molecule has 0 saturated carbocycles. The minimum Gasteiger partial charge on any atom is -0.497 e. The first-order chi connectivity index (χ1) is 6.72. The first kappa shape index (κ1) is 9.53. The lowest BCUT2D eigenvalue weighted by molar-refractivity contribution is 0.410. The van der Waals surface area contributed by atoms with Crippen molar-refractivity contribution in [3.05, 3.63) is 29.3 Å². The molecule has 2 atom stereocenters. The minimum absolute atomic E-state index is 0.441. The van der Waals surface area contributed by atoms with Gasteiger partial charge in [0.15, 0.2) is 0 Å². The van der Waals surface area contributed by atoms with E-state index in [1.165, 1.54) is 11.1 Å². The molecule has 1 heterocycles. The Morgan fingerprint density at radius 1 is 1.29 bits per heavy atom. The highest BCUT2D eigenvalue weighted by Gasteiger charge is 2.21. The van der Waals surface area contributed by atoms with E-state index in [1.54, 1.807) is 7.11 Å². The van der Waals surface area contributed by atoms with Crippen molar-refractivity contribution in [2.45, 2.75) is 25.8 Å². The quantitative estimate of drug-likeness (QED) is 0.736. The minimum atomic E-state index is 0.441. The van der Waals surface area contributed by atoms with Crippen LogP contribution in [0.15, 0.2) is 18.2 Å². The molecule has 1 aromatic rings. The Kier molecular flexibility index (Phi) is 2.46. The van der Waals surface area contributed by atoms with Crippen molar-refractivity contribution in [1.82, 2.24) is 5.32 Å². The maximum Gasteiger partial charge on any atom is 0.119 e. The molecule has 2 heteroatoms. The van der Waals surface area contributed by atoms with Gasteiger partial charge in [0.25, 0.3) is 0 Å². The summed E-state index contributed by atoms with van der Waals surface area (Å²) in [4.78, 5) is 0. The summed E-state index contributed by atoms with van der Waals surface area (Å²) >= 11 is 0. The fourth-order valence-corrected chi connectivity index (χ4v) is 2.08. The molecular formula is C12H17NO. The summed E-state index contributed by atoms with van der Waals surface area (Å²) in [7, 11) is 1.71. The summed E-state index contributed by atoms with van der Waals surface area (Å²) in [5.41, 5.74) is 2.83. The first-order valence-corrected chi connectivity index (χ1v) is 5.13. The molecule has 1 aromatic carbocycles. The van der Waals surface area contributed by atoms with Gasteiger partial charge >= 0.3 is 0 Å². The molecule has 0 spiro atoms. The Balaban J connectivity index is 2.45. The van der Waals surface area contributed by atoms with Crippen molar-refractivity contribution in [2.24, 2.45) is 0 Å². The van der Waals surface area contributed by atoms with Crippen LogP contribution in [0.4, 0.5) is 0 Å². The molecule has 0 radical (unpaired) electrons. The summed E-state index contributed by atoms with van der Waals surface area (Å²) in [6.07, 6.45) is 0. The highest BCUT2D eigenvalue weighted by atomic mass is 16.5. The normalized spacial score (nSPS) is 25.6. The van der Waals surface area contributed by atoms with E-state index in [-0.39, 0.29) is 0 Å². The summed E-state index contributed by atoms with van der Waals surface area (Å²) in [6, 6.07) is 6.82. The molecule has 0 aliphatic carbocycles. The van der Waals surface area contributed by atoms with Gasteiger partial charge in [0.1, 0.15) is 5.75 Å². The summed E-state index contributed by atoms with van der Waals surface area (Å²) < 4.78 is 5.24. The Labute approximate surface area is 85.3 Å². The molecule has 0 fully saturated rings. The number of fused-ring (bicyclic) bond motifs is 1. The van der Waals surface area contributed by atoms with E-state index in [1.807, 2.05) is 6.07 Å². The fraction of sp³-hybridized carbons (Fsp3) is 0.500. The first-order valence-electron chi connectivity index (χ1n) is 5.13. The van der Waals surface area contributed by atoms with Crippen molar-refractivity contribution in [1.29, 1.82) is 0 Å². The fourth-order valence-electron chi connectivity index (χ4n) is 2.08. The number of nitrogens with one attached hydrogen (secondary N) is 1. The maximum atomic E-state index is 5.24. The second kappa shape index (κ2) is 3.62. The third-order valence-corrected chi connectivity index (χ3v) is 3.02. The van der Waals surface area contributed by atoms with Gasteiger partial charge in [-0.1, -0.05) is 13.0 Å². The van der Waals surface area contributed by atoms with Crippen LogP contribution in [0, 0.1) is 0 Å². The van der Waals surface area contributed by atoms with E-state index in [4.69, 9.17) is 4.74 Å². The smallest absolute Gasteiger partial charge is 0.119 e. The van der Waals surface area contributed by atoms with Gasteiger partial charge in [-0.25, -0.2) is 0 Å². The average Bonchev–Trinajstić information content (AvgIpc) is 2.23. The molecule has 0 amide bonds. The molecule has 0 saturated heterocycles. The molecule has 76 valence electrons. The summed E-state index contributed by atoms with van der Waals surface area (Å²) in [5.74, 6) is 1.55. The third-order valence-electron chi connectivity index (χ3n) is 3.02. The van der Waals surface area contributed by atoms with Gasteiger partial charge in [-0.3, -0.25) is 0 Å². The topological polar surface area (TPSA) is 21.3 Å². The number of ether oxygens (including phenoxy) is 1. The average molecular weight is 191 g/mol. The van der Waals surface area contributed by atoms with Crippen LogP contribution in [0.25, 0.3) is 0 Å².